The van der Waals surface area contributed by atoms with E-state index in [1.54, 1.807) is 47.0 Å². The molecule has 2 aromatic carbocycles. The largest absolute Gasteiger partial charge is 0.467 e. The summed E-state index contributed by atoms with van der Waals surface area (Å²) in [5.41, 5.74) is 2.49. The fourth-order valence-electron chi connectivity index (χ4n) is 4.25. The van der Waals surface area contributed by atoms with Crippen LogP contribution in [0.25, 0.3) is 11.0 Å². The van der Waals surface area contributed by atoms with E-state index >= 15 is 0 Å². The molecule has 0 fully saturated rings. The third kappa shape index (κ3) is 5.61. The summed E-state index contributed by atoms with van der Waals surface area (Å²) in [6.45, 7) is 2.22. The summed E-state index contributed by atoms with van der Waals surface area (Å²) in [4.78, 5) is 29.0. The van der Waals surface area contributed by atoms with Crippen molar-refractivity contribution >= 4 is 22.8 Å². The van der Waals surface area contributed by atoms with Gasteiger partial charge in [0.15, 0.2) is 6.04 Å². The van der Waals surface area contributed by atoms with Gasteiger partial charge in [-0.3, -0.25) is 9.59 Å². The average Bonchev–Trinajstić information content (AvgIpc) is 3.68. The minimum absolute atomic E-state index is 0.0725. The first-order valence-corrected chi connectivity index (χ1v) is 12.1. The van der Waals surface area contributed by atoms with Gasteiger partial charge in [0.1, 0.15) is 29.3 Å². The Balaban J connectivity index is 1.46. The molecule has 2 amide bonds. The first kappa shape index (κ1) is 24.1. The van der Waals surface area contributed by atoms with E-state index in [2.05, 4.69) is 15.6 Å². The molecule has 3 heterocycles. The van der Waals surface area contributed by atoms with Crippen molar-refractivity contribution in [2.45, 2.75) is 32.5 Å². The van der Waals surface area contributed by atoms with Crippen LogP contribution in [0.1, 0.15) is 28.9 Å². The van der Waals surface area contributed by atoms with E-state index in [9.17, 15) is 9.59 Å². The Morgan fingerprint density at radius 3 is 2.57 bits per heavy atom. The van der Waals surface area contributed by atoms with Gasteiger partial charge in [-0.15, -0.1) is 5.10 Å². The number of rotatable bonds is 10. The molecule has 0 radical (unpaired) electrons. The van der Waals surface area contributed by atoms with Crippen molar-refractivity contribution in [2.75, 3.05) is 6.54 Å². The highest BCUT2D eigenvalue weighted by Gasteiger charge is 2.34. The van der Waals surface area contributed by atoms with Crippen LogP contribution >= 0.6 is 0 Å². The first-order valence-electron chi connectivity index (χ1n) is 12.1. The van der Waals surface area contributed by atoms with E-state index in [4.69, 9.17) is 8.83 Å². The summed E-state index contributed by atoms with van der Waals surface area (Å²) < 4.78 is 12.8. The van der Waals surface area contributed by atoms with Crippen molar-refractivity contribution in [1.29, 1.82) is 0 Å². The summed E-state index contributed by atoms with van der Waals surface area (Å²) >= 11 is 0. The lowest BCUT2D eigenvalue weighted by Crippen LogP contribution is -2.45. The Kier molecular flexibility index (Phi) is 7.12. The molecule has 0 unspecified atom stereocenters. The lowest BCUT2D eigenvalue weighted by atomic mass is 10.1. The van der Waals surface area contributed by atoms with Crippen molar-refractivity contribution in [3.63, 3.8) is 0 Å². The number of furan rings is 2. The van der Waals surface area contributed by atoms with E-state index in [0.717, 1.165) is 11.1 Å². The topological polar surface area (TPSA) is 106 Å². The molecule has 3 aromatic heterocycles. The number of fused-ring (bicyclic) bond motifs is 1. The molecule has 5 rings (SSSR count). The summed E-state index contributed by atoms with van der Waals surface area (Å²) in [6, 6.07) is 23.4. The molecule has 37 heavy (non-hydrogen) atoms. The number of nitrogens with one attached hydrogen (secondary N) is 1. The zero-order chi connectivity index (χ0) is 25.6. The SMILES string of the molecule is Cc1ccc([C@@H](C(=O)NCc2ccco2)N(CCc2ccccc2)C(=O)Cn2nnc3ccccc32)o1. The van der Waals surface area contributed by atoms with E-state index in [-0.39, 0.29) is 24.9 Å². The van der Waals surface area contributed by atoms with E-state index < -0.39 is 6.04 Å². The Bertz CT molecular complexity index is 1470. The monoisotopic (exact) mass is 497 g/mol. The van der Waals surface area contributed by atoms with Crippen LogP contribution in [-0.2, 0) is 29.1 Å². The smallest absolute Gasteiger partial charge is 0.251 e. The van der Waals surface area contributed by atoms with Gasteiger partial charge in [-0.2, -0.15) is 0 Å². The Hall–Kier alpha value is -4.66. The number of aromatic nitrogens is 3. The predicted molar refractivity (Wildman–Crippen MR) is 136 cm³/mol. The number of aryl methyl sites for hydroxylation is 1. The molecule has 9 nitrogen and oxygen atoms in total. The highest BCUT2D eigenvalue weighted by atomic mass is 16.3. The molecule has 0 saturated carbocycles. The fourth-order valence-corrected chi connectivity index (χ4v) is 4.25. The van der Waals surface area contributed by atoms with Crippen molar-refractivity contribution in [3.05, 3.63) is 108 Å². The van der Waals surface area contributed by atoms with E-state index in [1.165, 1.54) is 0 Å². The van der Waals surface area contributed by atoms with Crippen LogP contribution in [0.5, 0.6) is 0 Å². The number of para-hydroxylation sites is 1. The molecule has 1 N–H and O–H groups in total. The fraction of sp³-hybridized carbons (Fsp3) is 0.214. The summed E-state index contributed by atoms with van der Waals surface area (Å²) in [6.07, 6.45) is 2.11. The molecule has 0 bridgehead atoms. The molecule has 5 aromatic rings. The number of nitrogens with zero attached hydrogens (tertiary/aromatic N) is 4. The van der Waals surface area contributed by atoms with Crippen LogP contribution in [0.15, 0.2) is 94.0 Å². The van der Waals surface area contributed by atoms with Gasteiger partial charge in [-0.1, -0.05) is 47.7 Å². The predicted octanol–water partition coefficient (Wildman–Crippen LogP) is 4.05. The zero-order valence-corrected chi connectivity index (χ0v) is 20.4. The van der Waals surface area contributed by atoms with Crippen molar-refractivity contribution < 1.29 is 18.4 Å². The van der Waals surface area contributed by atoms with E-state index in [1.807, 2.05) is 54.6 Å². The van der Waals surface area contributed by atoms with Gasteiger partial charge >= 0.3 is 0 Å². The molecule has 0 aliphatic carbocycles. The van der Waals surface area contributed by atoms with Gasteiger partial charge in [-0.25, -0.2) is 4.68 Å². The Labute approximate surface area is 213 Å². The third-order valence-electron chi connectivity index (χ3n) is 6.12. The van der Waals surface area contributed by atoms with Gasteiger partial charge < -0.3 is 19.1 Å². The van der Waals surface area contributed by atoms with Gasteiger partial charge in [0.25, 0.3) is 5.91 Å². The highest BCUT2D eigenvalue weighted by Crippen LogP contribution is 2.25. The van der Waals surface area contributed by atoms with Crippen molar-refractivity contribution in [1.82, 2.24) is 25.2 Å². The molecule has 188 valence electrons. The molecule has 0 saturated heterocycles. The van der Waals surface area contributed by atoms with Gasteiger partial charge in [-0.05, 0) is 55.3 Å². The molecule has 0 aliphatic heterocycles. The summed E-state index contributed by atoms with van der Waals surface area (Å²) in [7, 11) is 0. The number of hydrogen-bond acceptors (Lipinski definition) is 6. The molecule has 0 spiro atoms. The second-order valence-corrected chi connectivity index (χ2v) is 8.71. The number of hydrogen-bond donors (Lipinski definition) is 1. The van der Waals surface area contributed by atoms with Crippen LogP contribution in [0, 0.1) is 6.92 Å². The van der Waals surface area contributed by atoms with Crippen LogP contribution < -0.4 is 5.32 Å². The minimum atomic E-state index is -0.977. The van der Waals surface area contributed by atoms with Crippen LogP contribution in [0.2, 0.25) is 0 Å². The van der Waals surface area contributed by atoms with E-state index in [0.29, 0.717) is 35.8 Å². The summed E-state index contributed by atoms with van der Waals surface area (Å²) in [5.74, 6) is 1.00. The van der Waals surface area contributed by atoms with Crippen LogP contribution in [0.4, 0.5) is 0 Å². The van der Waals surface area contributed by atoms with Gasteiger partial charge in [0, 0.05) is 6.54 Å². The van der Waals surface area contributed by atoms with Crippen molar-refractivity contribution in [2.24, 2.45) is 0 Å². The standard InChI is InChI=1S/C28H27N5O4/c1-20-13-14-25(37-20)27(28(35)29-18-22-10-7-17-36-22)32(16-15-21-8-3-2-4-9-21)26(34)19-33-24-12-6-5-11-23(24)30-31-33/h2-14,17,27H,15-16,18-19H2,1H3,(H,29,35)/t27-/m0/s1. The quantitative estimate of drug-likeness (QED) is 0.312. The Morgan fingerprint density at radius 1 is 1.00 bits per heavy atom. The lowest BCUT2D eigenvalue weighted by molar-refractivity contribution is -0.142. The van der Waals surface area contributed by atoms with Crippen LogP contribution in [-0.4, -0.2) is 38.3 Å². The molecule has 9 heteroatoms. The maximum atomic E-state index is 13.8. The third-order valence-corrected chi connectivity index (χ3v) is 6.12. The lowest BCUT2D eigenvalue weighted by Gasteiger charge is -2.30. The van der Waals surface area contributed by atoms with Crippen molar-refractivity contribution in [3.8, 4) is 0 Å². The number of benzene rings is 2. The molecule has 1 atom stereocenters. The van der Waals surface area contributed by atoms with Crippen LogP contribution in [0.3, 0.4) is 0 Å². The minimum Gasteiger partial charge on any atom is -0.467 e. The number of amides is 2. The first-order chi connectivity index (χ1) is 18.1. The van der Waals surface area contributed by atoms with Gasteiger partial charge in [0.05, 0.1) is 18.3 Å². The number of carbonyl (C=O) groups is 2. The Morgan fingerprint density at radius 2 is 1.81 bits per heavy atom. The maximum Gasteiger partial charge on any atom is 0.251 e. The second-order valence-electron chi connectivity index (χ2n) is 8.71. The second kappa shape index (κ2) is 10.9. The highest BCUT2D eigenvalue weighted by molar-refractivity contribution is 5.88. The molecular weight excluding hydrogens is 470 g/mol. The maximum absolute atomic E-state index is 13.8. The molecular formula is C28H27N5O4. The average molecular weight is 498 g/mol. The normalized spacial score (nSPS) is 11.9. The zero-order valence-electron chi connectivity index (χ0n) is 20.4. The van der Waals surface area contributed by atoms with Gasteiger partial charge in [0.2, 0.25) is 5.91 Å². The summed E-state index contributed by atoms with van der Waals surface area (Å²) in [5, 5.41) is 11.2. The molecule has 0 aliphatic rings. The number of carbonyl (C=O) groups excluding carboxylic acids is 2.